The first kappa shape index (κ1) is 30.6. The Bertz CT molecular complexity index is 1370. The number of rotatable bonds is 14. The smallest absolute Gasteiger partial charge is 0.243 e. The molecular formula is C30H36FN3O5S. The molecule has 10 heteroatoms. The molecule has 0 fully saturated rings. The molecule has 0 aromatic heterocycles. The van der Waals surface area contributed by atoms with Crippen molar-refractivity contribution in [2.75, 3.05) is 30.8 Å². The van der Waals surface area contributed by atoms with Gasteiger partial charge in [-0.05, 0) is 48.7 Å². The molecule has 0 radical (unpaired) electrons. The number of halogens is 1. The quantitative estimate of drug-likeness (QED) is 0.315. The molecule has 0 aliphatic carbocycles. The summed E-state index contributed by atoms with van der Waals surface area (Å²) < 4.78 is 45.4. The third-order valence-electron chi connectivity index (χ3n) is 6.39. The molecule has 0 aliphatic heterocycles. The van der Waals surface area contributed by atoms with E-state index in [1.807, 2.05) is 30.3 Å². The lowest BCUT2D eigenvalue weighted by molar-refractivity contribution is -0.141. The number of methoxy groups -OCH3 is 1. The Balaban J connectivity index is 1.87. The number of amides is 2. The average Bonchev–Trinajstić information content (AvgIpc) is 2.94. The van der Waals surface area contributed by atoms with Crippen LogP contribution < -0.4 is 14.4 Å². The number of carbonyl (C=O) groups excluding carboxylic acids is 2. The van der Waals surface area contributed by atoms with Crippen LogP contribution in [0.3, 0.4) is 0 Å². The number of ether oxygens (including phenoxy) is 1. The van der Waals surface area contributed by atoms with Gasteiger partial charge in [0.15, 0.2) is 0 Å². The predicted molar refractivity (Wildman–Crippen MR) is 154 cm³/mol. The second kappa shape index (κ2) is 14.5. The van der Waals surface area contributed by atoms with Crippen LogP contribution in [0.5, 0.6) is 5.75 Å². The predicted octanol–water partition coefficient (Wildman–Crippen LogP) is 4.16. The third kappa shape index (κ3) is 8.54. The zero-order valence-corrected chi connectivity index (χ0v) is 23.9. The van der Waals surface area contributed by atoms with Crippen LogP contribution in [0.15, 0.2) is 78.9 Å². The number of likely N-dealkylation sites (N-methyl/N-ethyl adjacent to an activating group) is 1. The Morgan fingerprint density at radius 2 is 1.60 bits per heavy atom. The van der Waals surface area contributed by atoms with Crippen LogP contribution in [0.2, 0.25) is 0 Å². The fourth-order valence-corrected chi connectivity index (χ4v) is 5.42. The molecule has 1 atom stereocenters. The fourth-order valence-electron chi connectivity index (χ4n) is 4.45. The minimum atomic E-state index is -3.67. The van der Waals surface area contributed by atoms with Gasteiger partial charge in [-0.25, -0.2) is 12.8 Å². The van der Waals surface area contributed by atoms with Crippen LogP contribution in [0.1, 0.15) is 30.9 Å². The van der Waals surface area contributed by atoms with Crippen molar-refractivity contribution in [3.8, 4) is 5.75 Å². The molecule has 2 amide bonds. The number of hydrogen-bond acceptors (Lipinski definition) is 5. The number of carbonyl (C=O) groups is 2. The van der Waals surface area contributed by atoms with Crippen molar-refractivity contribution in [2.24, 2.45) is 0 Å². The second-order valence-electron chi connectivity index (χ2n) is 9.36. The molecule has 0 bridgehead atoms. The van der Waals surface area contributed by atoms with Crippen LogP contribution >= 0.6 is 0 Å². The van der Waals surface area contributed by atoms with Crippen LogP contribution in [-0.4, -0.2) is 57.6 Å². The summed E-state index contributed by atoms with van der Waals surface area (Å²) in [5.41, 5.74) is 1.94. The Morgan fingerprint density at radius 3 is 2.23 bits per heavy atom. The molecular weight excluding hydrogens is 533 g/mol. The molecule has 0 saturated heterocycles. The zero-order chi connectivity index (χ0) is 29.1. The van der Waals surface area contributed by atoms with Crippen molar-refractivity contribution in [1.29, 1.82) is 0 Å². The van der Waals surface area contributed by atoms with Crippen LogP contribution in [0, 0.1) is 5.82 Å². The lowest BCUT2D eigenvalue weighted by atomic mass is 10.0. The van der Waals surface area contributed by atoms with Crippen LogP contribution in [0.4, 0.5) is 10.1 Å². The van der Waals surface area contributed by atoms with Gasteiger partial charge in [-0.15, -0.1) is 0 Å². The maximum absolute atomic E-state index is 13.7. The lowest BCUT2D eigenvalue weighted by Gasteiger charge is -2.32. The highest BCUT2D eigenvalue weighted by atomic mass is 32.2. The van der Waals surface area contributed by atoms with E-state index in [2.05, 4.69) is 5.32 Å². The summed E-state index contributed by atoms with van der Waals surface area (Å²) in [4.78, 5) is 28.5. The highest BCUT2D eigenvalue weighted by Gasteiger charge is 2.30. The van der Waals surface area contributed by atoms with Crippen molar-refractivity contribution < 1.29 is 27.1 Å². The first-order valence-corrected chi connectivity index (χ1v) is 14.9. The molecule has 214 valence electrons. The summed E-state index contributed by atoms with van der Waals surface area (Å²) in [6, 6.07) is 21.1. The number of sulfonamides is 1. The number of para-hydroxylation sites is 2. The summed E-state index contributed by atoms with van der Waals surface area (Å²) in [6.07, 6.45) is 1.59. The lowest BCUT2D eigenvalue weighted by Crippen LogP contribution is -2.50. The fraction of sp³-hybridized carbons (Fsp3) is 0.333. The third-order valence-corrected chi connectivity index (χ3v) is 7.57. The average molecular weight is 570 g/mol. The Morgan fingerprint density at radius 1 is 0.950 bits per heavy atom. The van der Waals surface area contributed by atoms with Crippen molar-refractivity contribution in [2.45, 2.75) is 38.8 Å². The standard InChI is InChI=1S/C30H36FN3O5S/c1-4-32-30(36)27(21-23-11-6-5-7-12-23)33(22-24-16-18-25(31)19-17-24)29(35)15-10-20-34(40(3,37)38)26-13-8-9-14-28(26)39-2/h5-9,11-14,16-19,27H,4,10,15,20-22H2,1-3H3,(H,32,36). The summed E-state index contributed by atoms with van der Waals surface area (Å²) in [6.45, 7) is 2.34. The normalized spacial score (nSPS) is 11.9. The second-order valence-corrected chi connectivity index (χ2v) is 11.3. The van der Waals surface area contributed by atoms with Gasteiger partial charge in [0.05, 0.1) is 19.1 Å². The van der Waals surface area contributed by atoms with E-state index in [4.69, 9.17) is 4.74 Å². The van der Waals surface area contributed by atoms with Gasteiger partial charge in [0, 0.05) is 32.5 Å². The first-order valence-electron chi connectivity index (χ1n) is 13.1. The Labute approximate surface area is 235 Å². The van der Waals surface area contributed by atoms with Crippen LogP contribution in [0.25, 0.3) is 0 Å². The number of nitrogens with zero attached hydrogens (tertiary/aromatic N) is 2. The van der Waals surface area contributed by atoms with E-state index in [1.54, 1.807) is 43.3 Å². The number of benzene rings is 3. The van der Waals surface area contributed by atoms with Crippen molar-refractivity contribution in [3.63, 3.8) is 0 Å². The molecule has 0 aliphatic rings. The largest absolute Gasteiger partial charge is 0.495 e. The maximum Gasteiger partial charge on any atom is 0.243 e. The molecule has 3 rings (SSSR count). The Hall–Kier alpha value is -3.92. The van der Waals surface area contributed by atoms with Crippen molar-refractivity contribution >= 4 is 27.5 Å². The van der Waals surface area contributed by atoms with Crippen LogP contribution in [-0.2, 0) is 32.6 Å². The molecule has 1 N–H and O–H groups in total. The van der Waals surface area contributed by atoms with E-state index in [0.29, 0.717) is 23.5 Å². The minimum absolute atomic E-state index is 0.00689. The van der Waals surface area contributed by atoms with Gasteiger partial charge in [-0.2, -0.15) is 0 Å². The summed E-state index contributed by atoms with van der Waals surface area (Å²) >= 11 is 0. The highest BCUT2D eigenvalue weighted by molar-refractivity contribution is 7.92. The molecule has 0 spiro atoms. The number of nitrogens with one attached hydrogen (secondary N) is 1. The van der Waals surface area contributed by atoms with Gasteiger partial charge in [0.2, 0.25) is 21.8 Å². The summed E-state index contributed by atoms with van der Waals surface area (Å²) in [5.74, 6) is -0.613. The molecule has 3 aromatic rings. The van der Waals surface area contributed by atoms with Gasteiger partial charge in [-0.3, -0.25) is 13.9 Å². The number of anilines is 1. The summed E-state index contributed by atoms with van der Waals surface area (Å²) in [5, 5.41) is 2.83. The minimum Gasteiger partial charge on any atom is -0.495 e. The monoisotopic (exact) mass is 569 g/mol. The number of hydrogen-bond donors (Lipinski definition) is 1. The molecule has 0 heterocycles. The molecule has 3 aromatic carbocycles. The van der Waals surface area contributed by atoms with Gasteiger partial charge in [0.25, 0.3) is 0 Å². The van der Waals surface area contributed by atoms with Gasteiger partial charge >= 0.3 is 0 Å². The van der Waals surface area contributed by atoms with Gasteiger partial charge in [0.1, 0.15) is 17.6 Å². The summed E-state index contributed by atoms with van der Waals surface area (Å²) in [7, 11) is -2.21. The van der Waals surface area contributed by atoms with E-state index < -0.39 is 21.9 Å². The zero-order valence-electron chi connectivity index (χ0n) is 23.0. The van der Waals surface area contributed by atoms with E-state index in [0.717, 1.165) is 11.8 Å². The van der Waals surface area contributed by atoms with Crippen molar-refractivity contribution in [1.82, 2.24) is 10.2 Å². The van der Waals surface area contributed by atoms with E-state index in [-0.39, 0.29) is 44.2 Å². The van der Waals surface area contributed by atoms with E-state index in [1.165, 1.54) is 28.4 Å². The molecule has 1 unspecified atom stereocenters. The molecule has 8 nitrogen and oxygen atoms in total. The highest BCUT2D eigenvalue weighted by Crippen LogP contribution is 2.30. The van der Waals surface area contributed by atoms with E-state index in [9.17, 15) is 22.4 Å². The Kier molecular flexibility index (Phi) is 11.1. The molecule has 0 saturated carbocycles. The van der Waals surface area contributed by atoms with Gasteiger partial charge in [-0.1, -0.05) is 54.6 Å². The van der Waals surface area contributed by atoms with Gasteiger partial charge < -0.3 is 15.0 Å². The first-order chi connectivity index (χ1) is 19.1. The SMILES string of the molecule is CCNC(=O)C(Cc1ccccc1)N(Cc1ccc(F)cc1)C(=O)CCCN(c1ccccc1OC)S(C)(=O)=O. The van der Waals surface area contributed by atoms with Crippen molar-refractivity contribution in [3.05, 3.63) is 95.8 Å². The topological polar surface area (TPSA) is 96.0 Å². The maximum atomic E-state index is 13.7. The molecule has 40 heavy (non-hydrogen) atoms. The van der Waals surface area contributed by atoms with E-state index >= 15 is 0 Å².